The topological polar surface area (TPSA) is 24.1 Å². The normalized spacial score (nSPS) is 36.5. The third-order valence-corrected chi connectivity index (χ3v) is 5.72. The van der Waals surface area contributed by atoms with E-state index in [1.807, 2.05) is 0 Å². The summed E-state index contributed by atoms with van der Waals surface area (Å²) in [7, 11) is 0. The molecule has 0 radical (unpaired) electrons. The lowest BCUT2D eigenvalue weighted by Crippen LogP contribution is -2.60. The second-order valence-corrected chi connectivity index (χ2v) is 7.69. The Morgan fingerprint density at radius 2 is 1.52 bits per heavy atom. The Balaban J connectivity index is 1.43. The number of rotatable bonds is 2. The quantitative estimate of drug-likeness (QED) is 0.805. The maximum Gasteiger partial charge on any atom is 0.171 e. The van der Waals surface area contributed by atoms with Crippen molar-refractivity contribution in [2.24, 2.45) is 17.8 Å². The predicted octanol–water partition coefficient (Wildman–Crippen LogP) is 4.08. The van der Waals surface area contributed by atoms with E-state index in [2.05, 4.69) is 10.6 Å². The van der Waals surface area contributed by atoms with Crippen molar-refractivity contribution in [3.05, 3.63) is 30.1 Å². The molecule has 4 aliphatic carbocycles. The van der Waals surface area contributed by atoms with E-state index in [9.17, 15) is 4.39 Å². The van der Waals surface area contributed by atoms with E-state index in [4.69, 9.17) is 12.2 Å². The molecule has 0 saturated heterocycles. The van der Waals surface area contributed by atoms with Crippen LogP contribution < -0.4 is 10.6 Å². The van der Waals surface area contributed by atoms with Gasteiger partial charge in [0.1, 0.15) is 5.82 Å². The molecular weight excluding hydrogens is 283 g/mol. The Bertz CT molecular complexity index is 519. The van der Waals surface area contributed by atoms with Gasteiger partial charge in [0.15, 0.2) is 5.11 Å². The highest BCUT2D eigenvalue weighted by molar-refractivity contribution is 7.80. The van der Waals surface area contributed by atoms with Crippen molar-refractivity contribution < 1.29 is 4.39 Å². The minimum atomic E-state index is -0.222. The van der Waals surface area contributed by atoms with Gasteiger partial charge >= 0.3 is 0 Å². The molecule has 0 atom stereocenters. The summed E-state index contributed by atoms with van der Waals surface area (Å²) in [6, 6.07) is 6.36. The molecule has 4 fully saturated rings. The molecule has 4 bridgehead atoms. The van der Waals surface area contributed by atoms with Gasteiger partial charge < -0.3 is 10.6 Å². The van der Waals surface area contributed by atoms with Crippen LogP contribution in [-0.4, -0.2) is 10.7 Å². The maximum absolute atomic E-state index is 12.9. The van der Waals surface area contributed by atoms with Crippen LogP contribution in [0.25, 0.3) is 0 Å². The van der Waals surface area contributed by atoms with Crippen molar-refractivity contribution in [3.8, 4) is 0 Å². The first-order chi connectivity index (χ1) is 10.1. The zero-order chi connectivity index (χ0) is 14.4. The molecule has 0 aliphatic heterocycles. The summed E-state index contributed by atoms with van der Waals surface area (Å²) >= 11 is 5.49. The highest BCUT2D eigenvalue weighted by Crippen LogP contribution is 2.55. The zero-order valence-corrected chi connectivity index (χ0v) is 12.9. The molecule has 2 N–H and O–H groups in total. The monoisotopic (exact) mass is 304 g/mol. The average molecular weight is 304 g/mol. The molecule has 0 unspecified atom stereocenters. The molecule has 4 heteroatoms. The molecule has 1 aromatic carbocycles. The summed E-state index contributed by atoms with van der Waals surface area (Å²) in [6.45, 7) is 0. The SMILES string of the molecule is Fc1ccc(NC(=S)NC23CC4CC(CC(C4)C2)C3)cc1. The van der Waals surface area contributed by atoms with Gasteiger partial charge in [-0.1, -0.05) is 0 Å². The molecular formula is C17H21FN2S. The van der Waals surface area contributed by atoms with Gasteiger partial charge in [0.2, 0.25) is 0 Å². The fraction of sp³-hybridized carbons (Fsp3) is 0.588. The van der Waals surface area contributed by atoms with Crippen LogP contribution >= 0.6 is 12.2 Å². The molecule has 4 saturated carbocycles. The van der Waals surface area contributed by atoms with E-state index >= 15 is 0 Å². The summed E-state index contributed by atoms with van der Waals surface area (Å²) in [5.41, 5.74) is 1.07. The first-order valence-electron chi connectivity index (χ1n) is 7.95. The summed E-state index contributed by atoms with van der Waals surface area (Å²) in [5, 5.41) is 7.50. The van der Waals surface area contributed by atoms with Crippen LogP contribution in [0.15, 0.2) is 24.3 Å². The van der Waals surface area contributed by atoms with Gasteiger partial charge in [-0.2, -0.15) is 0 Å². The third kappa shape index (κ3) is 2.66. The minimum Gasteiger partial charge on any atom is -0.357 e. The van der Waals surface area contributed by atoms with Gasteiger partial charge in [-0.05, 0) is 92.8 Å². The van der Waals surface area contributed by atoms with E-state index in [0.717, 1.165) is 23.4 Å². The molecule has 0 aromatic heterocycles. The second kappa shape index (κ2) is 4.94. The number of thiocarbonyl (C=S) groups is 1. The van der Waals surface area contributed by atoms with Crippen LogP contribution in [0.5, 0.6) is 0 Å². The van der Waals surface area contributed by atoms with Crippen LogP contribution in [0, 0.1) is 23.6 Å². The van der Waals surface area contributed by atoms with Crippen molar-refractivity contribution in [2.45, 2.75) is 44.1 Å². The minimum absolute atomic E-state index is 0.221. The standard InChI is InChI=1S/C17H21FN2S/c18-14-1-3-15(4-2-14)19-16(21)20-17-8-11-5-12(9-17)7-13(6-11)10-17/h1-4,11-13H,5-10H2,(H2,19,20,21). The van der Waals surface area contributed by atoms with Crippen molar-refractivity contribution in [2.75, 3.05) is 5.32 Å². The maximum atomic E-state index is 12.9. The molecule has 2 nitrogen and oxygen atoms in total. The number of hydrogen-bond donors (Lipinski definition) is 2. The van der Waals surface area contributed by atoms with E-state index in [0.29, 0.717) is 5.11 Å². The van der Waals surface area contributed by atoms with E-state index in [1.54, 1.807) is 12.1 Å². The van der Waals surface area contributed by atoms with Gasteiger partial charge in [-0.15, -0.1) is 0 Å². The van der Waals surface area contributed by atoms with Gasteiger partial charge in [-0.3, -0.25) is 0 Å². The Hall–Kier alpha value is -1.16. The third-order valence-electron chi connectivity index (χ3n) is 5.52. The molecule has 4 aliphatic rings. The number of hydrogen-bond acceptors (Lipinski definition) is 1. The van der Waals surface area contributed by atoms with Gasteiger partial charge in [0.05, 0.1) is 0 Å². The number of anilines is 1. The molecule has 0 spiro atoms. The van der Waals surface area contributed by atoms with Gasteiger partial charge in [0, 0.05) is 11.2 Å². The lowest BCUT2D eigenvalue weighted by Gasteiger charge is -2.57. The van der Waals surface area contributed by atoms with Crippen LogP contribution in [0.3, 0.4) is 0 Å². The molecule has 5 rings (SSSR count). The number of nitrogens with one attached hydrogen (secondary N) is 2. The average Bonchev–Trinajstić information content (AvgIpc) is 2.39. The van der Waals surface area contributed by atoms with Crippen LogP contribution in [0.4, 0.5) is 10.1 Å². The lowest BCUT2D eigenvalue weighted by molar-refractivity contribution is -0.00972. The van der Waals surface area contributed by atoms with Crippen molar-refractivity contribution >= 4 is 23.0 Å². The molecule has 0 heterocycles. The number of halogens is 1. The Morgan fingerprint density at radius 1 is 1.00 bits per heavy atom. The first kappa shape index (κ1) is 13.5. The fourth-order valence-corrected chi connectivity index (χ4v) is 5.53. The highest BCUT2D eigenvalue weighted by atomic mass is 32.1. The molecule has 0 amide bonds. The van der Waals surface area contributed by atoms with Crippen LogP contribution in [-0.2, 0) is 0 Å². The van der Waals surface area contributed by atoms with Crippen LogP contribution in [0.2, 0.25) is 0 Å². The fourth-order valence-electron chi connectivity index (χ4n) is 5.20. The lowest BCUT2D eigenvalue weighted by atomic mass is 9.53. The summed E-state index contributed by atoms with van der Waals surface area (Å²) in [4.78, 5) is 0. The van der Waals surface area contributed by atoms with Gasteiger partial charge in [0.25, 0.3) is 0 Å². The van der Waals surface area contributed by atoms with Crippen molar-refractivity contribution in [1.82, 2.24) is 5.32 Å². The first-order valence-corrected chi connectivity index (χ1v) is 8.36. The van der Waals surface area contributed by atoms with Crippen molar-refractivity contribution in [1.29, 1.82) is 0 Å². The Morgan fingerprint density at radius 3 is 2.05 bits per heavy atom. The molecule has 112 valence electrons. The summed E-state index contributed by atoms with van der Waals surface area (Å²) in [6.07, 6.45) is 8.09. The summed E-state index contributed by atoms with van der Waals surface area (Å²) < 4.78 is 12.9. The smallest absolute Gasteiger partial charge is 0.171 e. The summed E-state index contributed by atoms with van der Waals surface area (Å²) in [5.74, 6) is 2.48. The molecule has 21 heavy (non-hydrogen) atoms. The van der Waals surface area contributed by atoms with E-state index in [1.165, 1.54) is 50.7 Å². The van der Waals surface area contributed by atoms with Crippen LogP contribution in [0.1, 0.15) is 38.5 Å². The van der Waals surface area contributed by atoms with E-state index in [-0.39, 0.29) is 11.4 Å². The molecule has 1 aromatic rings. The predicted molar refractivity (Wildman–Crippen MR) is 86.7 cm³/mol. The Kier molecular flexibility index (Phi) is 3.18. The highest BCUT2D eigenvalue weighted by Gasteiger charge is 2.51. The Labute approximate surface area is 130 Å². The second-order valence-electron chi connectivity index (χ2n) is 7.28. The zero-order valence-electron chi connectivity index (χ0n) is 12.1. The van der Waals surface area contributed by atoms with Crippen molar-refractivity contribution in [3.63, 3.8) is 0 Å². The number of benzene rings is 1. The van der Waals surface area contributed by atoms with Gasteiger partial charge in [-0.25, -0.2) is 4.39 Å². The van der Waals surface area contributed by atoms with E-state index < -0.39 is 0 Å². The largest absolute Gasteiger partial charge is 0.357 e.